The molecule has 2 N–H and O–H groups in total. The lowest BCUT2D eigenvalue weighted by atomic mass is 10.1. The number of benzene rings is 1. The predicted octanol–water partition coefficient (Wildman–Crippen LogP) is 4.83. The highest BCUT2D eigenvalue weighted by Gasteiger charge is 2.16. The van der Waals surface area contributed by atoms with Gasteiger partial charge in [-0.05, 0) is 50.1 Å². The van der Waals surface area contributed by atoms with E-state index in [4.69, 9.17) is 6.57 Å². The van der Waals surface area contributed by atoms with Gasteiger partial charge in [0.2, 0.25) is 11.8 Å². The van der Waals surface area contributed by atoms with Crippen LogP contribution in [0.15, 0.2) is 30.5 Å². The van der Waals surface area contributed by atoms with Crippen molar-refractivity contribution in [1.29, 1.82) is 0 Å². The van der Waals surface area contributed by atoms with E-state index < -0.39 is 0 Å². The van der Waals surface area contributed by atoms with E-state index in [9.17, 15) is 4.39 Å². The number of nitrogens with one attached hydrogen (secondary N) is 2. The zero-order valence-electron chi connectivity index (χ0n) is 13.6. The second-order valence-corrected chi connectivity index (χ2v) is 5.56. The lowest BCUT2D eigenvalue weighted by Crippen LogP contribution is -1.99. The summed E-state index contributed by atoms with van der Waals surface area (Å²) in [5.41, 5.74) is 4.50. The molecule has 120 valence electrons. The molecule has 0 radical (unpaired) electrons. The molecule has 0 fully saturated rings. The molecule has 0 aliphatic carbocycles. The van der Waals surface area contributed by atoms with Crippen LogP contribution in [0.2, 0.25) is 0 Å². The third-order valence-corrected chi connectivity index (χ3v) is 3.86. The first-order chi connectivity index (χ1) is 11.5. The fourth-order valence-electron chi connectivity index (χ4n) is 2.59. The predicted molar refractivity (Wildman–Crippen MR) is 92.0 cm³/mol. The monoisotopic (exact) mass is 321 g/mol. The molecule has 0 atom stereocenters. The number of nitrogens with zero attached hydrogens (tertiary/aromatic N) is 3. The highest BCUT2D eigenvalue weighted by molar-refractivity contribution is 5.74. The number of anilines is 2. The van der Waals surface area contributed by atoms with E-state index in [1.807, 2.05) is 13.8 Å². The third kappa shape index (κ3) is 2.84. The Morgan fingerprint density at radius 3 is 2.67 bits per heavy atom. The Labute approximate surface area is 139 Å². The molecule has 0 unspecified atom stereocenters. The standard InChI is InChI=1S/C18H16FN5/c1-10-5-6-13(9-14(10)19)23-18-21-8-7-15(24-18)16-11(2)17(20-4)22-12(16)3/h5-9,22H,1-3H3,(H,21,23,24). The molecule has 24 heavy (non-hydrogen) atoms. The first kappa shape index (κ1) is 15.7. The van der Waals surface area contributed by atoms with Crippen molar-refractivity contribution in [2.45, 2.75) is 20.8 Å². The highest BCUT2D eigenvalue weighted by atomic mass is 19.1. The van der Waals surface area contributed by atoms with Gasteiger partial charge in [-0.3, -0.25) is 0 Å². The Kier molecular flexibility index (Phi) is 4.00. The Hall–Kier alpha value is -3.20. The van der Waals surface area contributed by atoms with Crippen LogP contribution >= 0.6 is 0 Å². The molecular weight excluding hydrogens is 305 g/mol. The second kappa shape index (κ2) is 6.13. The number of hydrogen-bond acceptors (Lipinski definition) is 3. The minimum Gasteiger partial charge on any atom is -0.364 e. The number of aryl methyl sites for hydroxylation is 2. The maximum Gasteiger partial charge on any atom is 0.231 e. The maximum absolute atomic E-state index is 13.7. The molecule has 3 aromatic rings. The molecule has 0 amide bonds. The number of halogens is 1. The van der Waals surface area contributed by atoms with Crippen LogP contribution in [0.1, 0.15) is 16.8 Å². The van der Waals surface area contributed by atoms with Crippen LogP contribution in [0.25, 0.3) is 16.1 Å². The molecule has 0 saturated carbocycles. The van der Waals surface area contributed by atoms with Gasteiger partial charge in [0, 0.05) is 17.4 Å². The van der Waals surface area contributed by atoms with Crippen molar-refractivity contribution in [3.8, 4) is 11.3 Å². The van der Waals surface area contributed by atoms with Gasteiger partial charge in [0.25, 0.3) is 0 Å². The van der Waals surface area contributed by atoms with E-state index in [2.05, 4.69) is 25.1 Å². The fraction of sp³-hybridized carbons (Fsp3) is 0.167. The molecule has 0 bridgehead atoms. The van der Waals surface area contributed by atoms with E-state index in [1.54, 1.807) is 31.3 Å². The summed E-state index contributed by atoms with van der Waals surface area (Å²) < 4.78 is 13.7. The van der Waals surface area contributed by atoms with E-state index in [0.29, 0.717) is 28.7 Å². The minimum absolute atomic E-state index is 0.282. The molecule has 3 rings (SSSR count). The van der Waals surface area contributed by atoms with Crippen LogP contribution < -0.4 is 5.32 Å². The van der Waals surface area contributed by atoms with Crippen molar-refractivity contribution in [3.05, 3.63) is 64.5 Å². The Morgan fingerprint density at radius 1 is 1.21 bits per heavy atom. The average Bonchev–Trinajstić information content (AvgIpc) is 2.85. The lowest BCUT2D eigenvalue weighted by Gasteiger charge is -2.08. The van der Waals surface area contributed by atoms with Gasteiger partial charge >= 0.3 is 0 Å². The van der Waals surface area contributed by atoms with Crippen LogP contribution in [0, 0.1) is 33.2 Å². The molecule has 0 aliphatic rings. The van der Waals surface area contributed by atoms with Crippen molar-refractivity contribution in [1.82, 2.24) is 15.0 Å². The van der Waals surface area contributed by atoms with Crippen LogP contribution in [0.4, 0.5) is 21.8 Å². The molecule has 0 aliphatic heterocycles. The number of H-pyrrole nitrogens is 1. The Morgan fingerprint density at radius 2 is 2.00 bits per heavy atom. The van der Waals surface area contributed by atoms with Gasteiger partial charge in [-0.1, -0.05) is 12.6 Å². The van der Waals surface area contributed by atoms with Crippen LogP contribution in [0.5, 0.6) is 0 Å². The number of aromatic amines is 1. The van der Waals surface area contributed by atoms with Gasteiger partial charge in [-0.15, -0.1) is 0 Å². The molecule has 1 aromatic carbocycles. The van der Waals surface area contributed by atoms with Crippen molar-refractivity contribution in [2.75, 3.05) is 5.32 Å². The SMILES string of the molecule is [C-]#[N+]c1[nH]c(C)c(-c2ccnc(Nc3ccc(C)c(F)c3)n2)c1C. The molecule has 0 saturated heterocycles. The molecule has 0 spiro atoms. The smallest absolute Gasteiger partial charge is 0.231 e. The largest absolute Gasteiger partial charge is 0.364 e. The van der Waals surface area contributed by atoms with Crippen LogP contribution in [0.3, 0.4) is 0 Å². The van der Waals surface area contributed by atoms with Crippen molar-refractivity contribution >= 4 is 17.5 Å². The molecule has 6 heteroatoms. The molecule has 5 nitrogen and oxygen atoms in total. The first-order valence-corrected chi connectivity index (χ1v) is 7.43. The normalized spacial score (nSPS) is 10.5. The van der Waals surface area contributed by atoms with E-state index in [0.717, 1.165) is 16.8 Å². The summed E-state index contributed by atoms with van der Waals surface area (Å²) >= 11 is 0. The number of rotatable bonds is 3. The topological polar surface area (TPSA) is 58.0 Å². The Balaban J connectivity index is 1.97. The fourth-order valence-corrected chi connectivity index (χ4v) is 2.59. The zero-order valence-corrected chi connectivity index (χ0v) is 13.6. The quantitative estimate of drug-likeness (QED) is 0.679. The maximum atomic E-state index is 13.7. The van der Waals surface area contributed by atoms with E-state index in [1.165, 1.54) is 6.07 Å². The van der Waals surface area contributed by atoms with Gasteiger partial charge in [0.15, 0.2) is 0 Å². The Bertz CT molecular complexity index is 953. The molecular formula is C18H16FN5. The van der Waals surface area contributed by atoms with Crippen molar-refractivity contribution in [3.63, 3.8) is 0 Å². The molecule has 2 heterocycles. The minimum atomic E-state index is -0.282. The summed E-state index contributed by atoms with van der Waals surface area (Å²) in [4.78, 5) is 15.2. The molecule has 2 aromatic heterocycles. The van der Waals surface area contributed by atoms with Gasteiger partial charge < -0.3 is 15.1 Å². The van der Waals surface area contributed by atoms with Gasteiger partial charge in [0.05, 0.1) is 11.4 Å². The van der Waals surface area contributed by atoms with Crippen LogP contribution in [-0.4, -0.2) is 15.0 Å². The highest BCUT2D eigenvalue weighted by Crippen LogP contribution is 2.32. The van der Waals surface area contributed by atoms with Gasteiger partial charge in [-0.2, -0.15) is 0 Å². The lowest BCUT2D eigenvalue weighted by molar-refractivity contribution is 0.619. The van der Waals surface area contributed by atoms with E-state index >= 15 is 0 Å². The van der Waals surface area contributed by atoms with Gasteiger partial charge in [-0.25, -0.2) is 14.4 Å². The zero-order chi connectivity index (χ0) is 17.3. The number of aromatic nitrogens is 3. The summed E-state index contributed by atoms with van der Waals surface area (Å²) in [6.07, 6.45) is 1.64. The third-order valence-electron chi connectivity index (χ3n) is 3.86. The summed E-state index contributed by atoms with van der Waals surface area (Å²) in [6.45, 7) is 12.7. The van der Waals surface area contributed by atoms with Gasteiger partial charge in [0.1, 0.15) is 5.82 Å². The average molecular weight is 321 g/mol. The second-order valence-electron chi connectivity index (χ2n) is 5.56. The summed E-state index contributed by atoms with van der Waals surface area (Å²) in [5, 5.41) is 3.01. The van der Waals surface area contributed by atoms with E-state index in [-0.39, 0.29) is 5.82 Å². The van der Waals surface area contributed by atoms with Crippen molar-refractivity contribution in [2.24, 2.45) is 0 Å². The number of hydrogen-bond donors (Lipinski definition) is 2. The summed E-state index contributed by atoms with van der Waals surface area (Å²) in [6, 6.07) is 6.68. The van der Waals surface area contributed by atoms with Crippen molar-refractivity contribution < 1.29 is 4.39 Å². The first-order valence-electron chi connectivity index (χ1n) is 7.43. The van der Waals surface area contributed by atoms with Crippen LogP contribution in [-0.2, 0) is 0 Å². The summed E-state index contributed by atoms with van der Waals surface area (Å²) in [7, 11) is 0. The summed E-state index contributed by atoms with van der Waals surface area (Å²) in [5.74, 6) is 0.603.